The van der Waals surface area contributed by atoms with Gasteiger partial charge in [-0.15, -0.1) is 0 Å². The van der Waals surface area contributed by atoms with Crippen LogP contribution < -0.4 is 10.7 Å². The van der Waals surface area contributed by atoms with Crippen LogP contribution in [-0.2, 0) is 0 Å². The van der Waals surface area contributed by atoms with E-state index in [2.05, 4.69) is 22.8 Å². The highest BCUT2D eigenvalue weighted by atomic mass is 32.1. The third-order valence-electron chi connectivity index (χ3n) is 2.53. The van der Waals surface area contributed by atoms with Crippen molar-refractivity contribution in [1.29, 1.82) is 0 Å². The molecule has 0 spiro atoms. The summed E-state index contributed by atoms with van der Waals surface area (Å²) in [6, 6.07) is 0. The molecule has 3 nitrogen and oxygen atoms in total. The van der Waals surface area contributed by atoms with Gasteiger partial charge in [0.2, 0.25) is 0 Å². The lowest BCUT2D eigenvalue weighted by molar-refractivity contribution is 0.555. The molecule has 0 aliphatic heterocycles. The van der Waals surface area contributed by atoms with Crippen LogP contribution in [0.5, 0.6) is 0 Å². The summed E-state index contributed by atoms with van der Waals surface area (Å²) >= 11 is 5.03. The third-order valence-corrected chi connectivity index (χ3v) is 2.76. The fraction of sp³-hybridized carbons (Fsp3) is 0.800. The van der Waals surface area contributed by atoms with Crippen LogP contribution in [0.1, 0.15) is 39.5 Å². The smallest absolute Gasteiger partial charge is 0.186 e. The van der Waals surface area contributed by atoms with Crippen molar-refractivity contribution in [3.63, 3.8) is 0 Å². The second-order valence-corrected chi connectivity index (χ2v) is 4.13. The van der Waals surface area contributed by atoms with Gasteiger partial charge in [0.05, 0.1) is 0 Å². The zero-order valence-corrected chi connectivity index (χ0v) is 9.78. The molecule has 0 aromatic heterocycles. The topological polar surface area (TPSA) is 36.4 Å². The van der Waals surface area contributed by atoms with Crippen LogP contribution in [0.15, 0.2) is 5.10 Å². The molecule has 0 heterocycles. The monoisotopic (exact) mass is 213 g/mol. The van der Waals surface area contributed by atoms with E-state index in [0.717, 1.165) is 13.0 Å². The first-order chi connectivity index (χ1) is 6.74. The van der Waals surface area contributed by atoms with Gasteiger partial charge < -0.3 is 5.32 Å². The molecule has 14 heavy (non-hydrogen) atoms. The van der Waals surface area contributed by atoms with Crippen molar-refractivity contribution in [3.8, 4) is 0 Å². The first kappa shape index (κ1) is 11.4. The van der Waals surface area contributed by atoms with E-state index < -0.39 is 0 Å². The van der Waals surface area contributed by atoms with E-state index in [1.54, 1.807) is 0 Å². The van der Waals surface area contributed by atoms with Gasteiger partial charge in [0.1, 0.15) is 0 Å². The molecule has 4 heteroatoms. The average molecular weight is 213 g/mol. The van der Waals surface area contributed by atoms with Crippen LogP contribution >= 0.6 is 12.2 Å². The minimum Gasteiger partial charge on any atom is -0.362 e. The van der Waals surface area contributed by atoms with Crippen molar-refractivity contribution in [2.45, 2.75) is 39.5 Å². The molecule has 1 aliphatic rings. The highest BCUT2D eigenvalue weighted by molar-refractivity contribution is 7.80. The van der Waals surface area contributed by atoms with Gasteiger partial charge in [-0.3, -0.25) is 5.43 Å². The minimum absolute atomic E-state index is 0.612. The largest absolute Gasteiger partial charge is 0.362 e. The summed E-state index contributed by atoms with van der Waals surface area (Å²) < 4.78 is 0. The molecule has 0 radical (unpaired) electrons. The normalized spacial score (nSPS) is 24.7. The number of nitrogens with zero attached hydrogens (tertiary/aromatic N) is 1. The summed E-state index contributed by atoms with van der Waals surface area (Å²) in [7, 11) is 0. The SMILES string of the molecule is CCNC(=S)N/N=C1/CCCC[C@@H]1C. The van der Waals surface area contributed by atoms with Crippen LogP contribution in [-0.4, -0.2) is 17.4 Å². The van der Waals surface area contributed by atoms with Gasteiger partial charge in [0, 0.05) is 12.3 Å². The standard InChI is InChI=1S/C10H19N3S/c1-3-11-10(14)13-12-9-7-5-4-6-8(9)2/h8H,3-7H2,1-2H3,(H2,11,13,14)/b12-9-/t8-/m0/s1. The molecule has 0 aromatic carbocycles. The van der Waals surface area contributed by atoms with Crippen molar-refractivity contribution >= 4 is 23.0 Å². The van der Waals surface area contributed by atoms with E-state index in [1.807, 2.05) is 6.92 Å². The maximum Gasteiger partial charge on any atom is 0.186 e. The quantitative estimate of drug-likeness (QED) is 0.544. The van der Waals surface area contributed by atoms with E-state index in [4.69, 9.17) is 12.2 Å². The van der Waals surface area contributed by atoms with Gasteiger partial charge in [0.15, 0.2) is 5.11 Å². The van der Waals surface area contributed by atoms with Gasteiger partial charge >= 0.3 is 0 Å². The van der Waals surface area contributed by atoms with Crippen molar-refractivity contribution in [1.82, 2.24) is 10.7 Å². The first-order valence-corrected chi connectivity index (χ1v) is 5.75. The molecule has 0 amide bonds. The van der Waals surface area contributed by atoms with E-state index in [-0.39, 0.29) is 0 Å². The average Bonchev–Trinajstić information content (AvgIpc) is 2.17. The summed E-state index contributed by atoms with van der Waals surface area (Å²) in [5.41, 5.74) is 4.15. The predicted molar refractivity (Wildman–Crippen MR) is 64.5 cm³/mol. The predicted octanol–water partition coefficient (Wildman–Crippen LogP) is 2.04. The van der Waals surface area contributed by atoms with Crippen LogP contribution in [0.3, 0.4) is 0 Å². The lowest BCUT2D eigenvalue weighted by atomic mass is 9.89. The fourth-order valence-electron chi connectivity index (χ4n) is 1.66. The number of hydrogen-bond donors (Lipinski definition) is 2. The Hall–Kier alpha value is -0.640. The minimum atomic E-state index is 0.612. The van der Waals surface area contributed by atoms with Gasteiger partial charge in [-0.2, -0.15) is 5.10 Å². The maximum atomic E-state index is 5.03. The summed E-state index contributed by atoms with van der Waals surface area (Å²) in [6.07, 6.45) is 4.97. The molecule has 0 unspecified atom stereocenters. The second kappa shape index (κ2) is 5.96. The Morgan fingerprint density at radius 1 is 1.57 bits per heavy atom. The summed E-state index contributed by atoms with van der Waals surface area (Å²) in [5, 5.41) is 7.98. The molecule has 1 aliphatic carbocycles. The van der Waals surface area contributed by atoms with Crippen molar-refractivity contribution in [2.24, 2.45) is 11.0 Å². The first-order valence-electron chi connectivity index (χ1n) is 5.34. The Balaban J connectivity index is 2.38. The Kier molecular flexibility index (Phi) is 4.87. The Labute approximate surface area is 91.3 Å². The maximum absolute atomic E-state index is 5.03. The van der Waals surface area contributed by atoms with E-state index in [9.17, 15) is 0 Å². The zero-order chi connectivity index (χ0) is 10.4. The molecule has 80 valence electrons. The number of rotatable bonds is 2. The van der Waals surface area contributed by atoms with E-state index >= 15 is 0 Å². The summed E-state index contributed by atoms with van der Waals surface area (Å²) in [4.78, 5) is 0. The highest BCUT2D eigenvalue weighted by Gasteiger charge is 2.15. The van der Waals surface area contributed by atoms with Gasteiger partial charge in [-0.25, -0.2) is 0 Å². The van der Waals surface area contributed by atoms with Crippen LogP contribution in [0.25, 0.3) is 0 Å². The van der Waals surface area contributed by atoms with Gasteiger partial charge in [0.25, 0.3) is 0 Å². The van der Waals surface area contributed by atoms with E-state index in [0.29, 0.717) is 11.0 Å². The number of hydrogen-bond acceptors (Lipinski definition) is 2. The lowest BCUT2D eigenvalue weighted by Crippen LogP contribution is -2.33. The second-order valence-electron chi connectivity index (χ2n) is 3.72. The Bertz CT molecular complexity index is 225. The highest BCUT2D eigenvalue weighted by Crippen LogP contribution is 2.20. The molecular formula is C10H19N3S. The molecular weight excluding hydrogens is 194 g/mol. The molecule has 2 N–H and O–H groups in total. The fourth-order valence-corrected chi connectivity index (χ4v) is 1.85. The lowest BCUT2D eigenvalue weighted by Gasteiger charge is -2.20. The third kappa shape index (κ3) is 3.62. The Morgan fingerprint density at radius 2 is 2.36 bits per heavy atom. The zero-order valence-electron chi connectivity index (χ0n) is 8.97. The summed E-state index contributed by atoms with van der Waals surface area (Å²) in [6.45, 7) is 5.09. The summed E-state index contributed by atoms with van der Waals surface area (Å²) in [5.74, 6) is 0.612. The van der Waals surface area contributed by atoms with Crippen LogP contribution in [0.2, 0.25) is 0 Å². The molecule has 0 bridgehead atoms. The Morgan fingerprint density at radius 3 is 3.00 bits per heavy atom. The molecule has 0 aromatic rings. The molecule has 1 fully saturated rings. The number of thiocarbonyl (C=S) groups is 1. The van der Waals surface area contributed by atoms with Gasteiger partial charge in [-0.05, 0) is 44.3 Å². The van der Waals surface area contributed by atoms with Crippen molar-refractivity contribution in [3.05, 3.63) is 0 Å². The number of nitrogens with one attached hydrogen (secondary N) is 2. The van der Waals surface area contributed by atoms with Crippen LogP contribution in [0, 0.1) is 5.92 Å². The number of hydrazone groups is 1. The molecule has 1 saturated carbocycles. The van der Waals surface area contributed by atoms with Crippen molar-refractivity contribution < 1.29 is 0 Å². The van der Waals surface area contributed by atoms with Crippen molar-refractivity contribution in [2.75, 3.05) is 6.54 Å². The molecule has 1 rings (SSSR count). The molecule has 1 atom stereocenters. The van der Waals surface area contributed by atoms with Gasteiger partial charge in [-0.1, -0.05) is 13.3 Å². The van der Waals surface area contributed by atoms with E-state index in [1.165, 1.54) is 25.0 Å². The van der Waals surface area contributed by atoms with Crippen LogP contribution in [0.4, 0.5) is 0 Å². The molecule has 0 saturated heterocycles.